The molecule has 2 heterocycles. The highest BCUT2D eigenvalue weighted by molar-refractivity contribution is 5.95. The summed E-state index contributed by atoms with van der Waals surface area (Å²) in [6.45, 7) is 1.67. The highest BCUT2D eigenvalue weighted by atomic mass is 19.4. The van der Waals surface area contributed by atoms with E-state index in [4.69, 9.17) is 5.73 Å². The summed E-state index contributed by atoms with van der Waals surface area (Å²) in [7, 11) is 0. The predicted molar refractivity (Wildman–Crippen MR) is 111 cm³/mol. The van der Waals surface area contributed by atoms with Crippen molar-refractivity contribution in [2.24, 2.45) is 0 Å². The smallest absolute Gasteiger partial charge is 0.382 e. The zero-order valence-electron chi connectivity index (χ0n) is 16.9. The number of nitrogens with two attached hydrogens (primary N) is 1. The minimum Gasteiger partial charge on any atom is -0.382 e. The molecule has 0 unspecified atom stereocenters. The number of alkyl halides is 3. The van der Waals surface area contributed by atoms with E-state index in [0.29, 0.717) is 22.8 Å². The van der Waals surface area contributed by atoms with Gasteiger partial charge in [-0.15, -0.1) is 0 Å². The number of aryl methyl sites for hydroxylation is 1. The molecule has 170 valence electrons. The lowest BCUT2D eigenvalue weighted by atomic mass is 10.0. The molecule has 4 aromatic rings. The molecule has 1 amide bonds. The van der Waals surface area contributed by atoms with Crippen LogP contribution in [0.1, 0.15) is 22.9 Å². The van der Waals surface area contributed by atoms with E-state index in [1.54, 1.807) is 6.92 Å². The van der Waals surface area contributed by atoms with E-state index in [9.17, 15) is 27.5 Å². The van der Waals surface area contributed by atoms with E-state index in [0.717, 1.165) is 18.2 Å². The second-order valence-electron chi connectivity index (χ2n) is 7.13. The molecule has 0 fully saturated rings. The third-order valence-corrected chi connectivity index (χ3v) is 4.88. The average Bonchev–Trinajstić information content (AvgIpc) is 3.10. The molecule has 2 aromatic heterocycles. The summed E-state index contributed by atoms with van der Waals surface area (Å²) in [5.41, 5.74) is 5.87. The first-order valence-corrected chi connectivity index (χ1v) is 9.48. The summed E-state index contributed by atoms with van der Waals surface area (Å²) >= 11 is 0. The topological polar surface area (TPSA) is 119 Å². The normalized spacial score (nSPS) is 12.7. The Kier molecular flexibility index (Phi) is 5.46. The van der Waals surface area contributed by atoms with Gasteiger partial charge in [-0.3, -0.25) is 4.79 Å². The number of hydrogen-bond donors (Lipinski definition) is 3. The second-order valence-corrected chi connectivity index (χ2v) is 7.13. The number of benzene rings is 2. The lowest BCUT2D eigenvalue weighted by Crippen LogP contribution is -2.21. The Morgan fingerprint density at radius 1 is 1.18 bits per heavy atom. The molecule has 1 atom stereocenters. The van der Waals surface area contributed by atoms with Gasteiger partial charge in [-0.25, -0.2) is 19.0 Å². The summed E-state index contributed by atoms with van der Waals surface area (Å²) in [6.07, 6.45) is -5.26. The SMILES string of the molecule is Cc1nn(-c2ccc(NC(=O)[C@H](O)c3cccc(C(F)(F)F)c3)cc2F)c2c(N)ncnc12. The first kappa shape index (κ1) is 22.1. The number of fused-ring (bicyclic) bond motifs is 1. The molecular formula is C21H16F4N6O2. The number of anilines is 2. The van der Waals surface area contributed by atoms with Crippen LogP contribution in [-0.4, -0.2) is 30.8 Å². The number of aromatic nitrogens is 4. The summed E-state index contributed by atoms with van der Waals surface area (Å²) in [5, 5.41) is 16.7. The van der Waals surface area contributed by atoms with Gasteiger partial charge in [0.25, 0.3) is 5.91 Å². The zero-order chi connectivity index (χ0) is 23.9. The summed E-state index contributed by atoms with van der Waals surface area (Å²) in [4.78, 5) is 20.3. The third-order valence-electron chi connectivity index (χ3n) is 4.88. The third kappa shape index (κ3) is 4.20. The van der Waals surface area contributed by atoms with Crippen molar-refractivity contribution in [2.45, 2.75) is 19.2 Å². The number of aliphatic hydroxyl groups is 1. The van der Waals surface area contributed by atoms with Crippen LogP contribution in [0.3, 0.4) is 0 Å². The molecule has 2 aromatic carbocycles. The van der Waals surface area contributed by atoms with Crippen LogP contribution in [0.4, 0.5) is 29.1 Å². The molecule has 0 aliphatic heterocycles. The Labute approximate surface area is 183 Å². The minimum absolute atomic E-state index is 0.00558. The number of halogens is 4. The molecule has 0 bridgehead atoms. The standard InChI is InChI=1S/C21H16F4N6O2/c1-10-16-17(19(26)28-9-27-16)31(30-10)15-6-5-13(8-14(15)22)29-20(33)18(32)11-3-2-4-12(7-11)21(23,24)25/h2-9,18,32H,1H3,(H,29,33)(H2,26,27,28)/t18-/m1/s1. The number of hydrogen-bond acceptors (Lipinski definition) is 6. The number of nitrogens with one attached hydrogen (secondary N) is 1. The number of rotatable bonds is 4. The lowest BCUT2D eigenvalue weighted by molar-refractivity contribution is -0.138. The molecule has 0 aliphatic carbocycles. The summed E-state index contributed by atoms with van der Waals surface area (Å²) in [5.74, 6) is -1.71. The molecule has 33 heavy (non-hydrogen) atoms. The van der Waals surface area contributed by atoms with Crippen molar-refractivity contribution < 1.29 is 27.5 Å². The zero-order valence-corrected chi connectivity index (χ0v) is 16.9. The van der Waals surface area contributed by atoms with Gasteiger partial charge in [0.1, 0.15) is 23.0 Å². The second kappa shape index (κ2) is 8.13. The molecule has 8 nitrogen and oxygen atoms in total. The first-order chi connectivity index (χ1) is 15.6. The van der Waals surface area contributed by atoms with Gasteiger partial charge in [-0.05, 0) is 42.8 Å². The van der Waals surface area contributed by atoms with Gasteiger partial charge in [0.05, 0.1) is 11.3 Å². The predicted octanol–water partition coefficient (Wildman–Crippen LogP) is 3.54. The fourth-order valence-electron chi connectivity index (χ4n) is 3.29. The molecule has 0 radical (unpaired) electrons. The Balaban J connectivity index is 1.59. The minimum atomic E-state index is -4.63. The van der Waals surface area contributed by atoms with Crippen LogP contribution >= 0.6 is 0 Å². The van der Waals surface area contributed by atoms with E-state index < -0.39 is 29.6 Å². The van der Waals surface area contributed by atoms with Crippen molar-refractivity contribution in [1.29, 1.82) is 0 Å². The number of nitrogen functional groups attached to an aromatic ring is 1. The van der Waals surface area contributed by atoms with Gasteiger partial charge in [0, 0.05) is 5.69 Å². The Morgan fingerprint density at radius 2 is 1.94 bits per heavy atom. The number of carbonyl (C=O) groups is 1. The van der Waals surface area contributed by atoms with Gasteiger partial charge in [-0.1, -0.05) is 12.1 Å². The molecule has 0 spiro atoms. The lowest BCUT2D eigenvalue weighted by Gasteiger charge is -2.14. The highest BCUT2D eigenvalue weighted by Gasteiger charge is 2.31. The van der Waals surface area contributed by atoms with Crippen molar-refractivity contribution in [3.05, 3.63) is 71.4 Å². The fraction of sp³-hybridized carbons (Fsp3) is 0.143. The van der Waals surface area contributed by atoms with Crippen LogP contribution in [0, 0.1) is 12.7 Å². The Morgan fingerprint density at radius 3 is 2.64 bits per heavy atom. The average molecular weight is 460 g/mol. The molecule has 4 N–H and O–H groups in total. The van der Waals surface area contributed by atoms with Crippen molar-refractivity contribution in [3.63, 3.8) is 0 Å². The maximum absolute atomic E-state index is 14.9. The maximum Gasteiger partial charge on any atom is 0.416 e. The van der Waals surface area contributed by atoms with Crippen LogP contribution in [-0.2, 0) is 11.0 Å². The maximum atomic E-state index is 14.9. The number of nitrogens with zero attached hydrogens (tertiary/aromatic N) is 4. The quantitative estimate of drug-likeness (QED) is 0.401. The Hall–Kier alpha value is -4.06. The van der Waals surface area contributed by atoms with Crippen molar-refractivity contribution >= 4 is 28.4 Å². The highest BCUT2D eigenvalue weighted by Crippen LogP contribution is 2.31. The number of aliphatic hydroxyl groups excluding tert-OH is 1. The Bertz CT molecular complexity index is 1370. The first-order valence-electron chi connectivity index (χ1n) is 9.48. The van der Waals surface area contributed by atoms with Gasteiger partial charge < -0.3 is 16.2 Å². The number of amides is 1. The van der Waals surface area contributed by atoms with Crippen LogP contribution in [0.15, 0.2) is 48.8 Å². The van der Waals surface area contributed by atoms with Gasteiger partial charge in [0.15, 0.2) is 17.7 Å². The van der Waals surface area contributed by atoms with E-state index >= 15 is 0 Å². The molecule has 4 rings (SSSR count). The van der Waals surface area contributed by atoms with Gasteiger partial charge in [0.2, 0.25) is 0 Å². The van der Waals surface area contributed by atoms with E-state index in [1.165, 1.54) is 29.2 Å². The molecule has 12 heteroatoms. The summed E-state index contributed by atoms with van der Waals surface area (Å²) in [6, 6.07) is 7.40. The monoisotopic (exact) mass is 460 g/mol. The van der Waals surface area contributed by atoms with Crippen LogP contribution < -0.4 is 11.1 Å². The van der Waals surface area contributed by atoms with Crippen LogP contribution in [0.5, 0.6) is 0 Å². The molecular weight excluding hydrogens is 444 g/mol. The molecule has 0 saturated carbocycles. The fourth-order valence-corrected chi connectivity index (χ4v) is 3.29. The van der Waals surface area contributed by atoms with E-state index in [1.807, 2.05) is 0 Å². The van der Waals surface area contributed by atoms with Gasteiger partial charge >= 0.3 is 6.18 Å². The van der Waals surface area contributed by atoms with Crippen LogP contribution in [0.2, 0.25) is 0 Å². The van der Waals surface area contributed by atoms with Gasteiger partial charge in [-0.2, -0.15) is 18.3 Å². The summed E-state index contributed by atoms with van der Waals surface area (Å²) < 4.78 is 54.8. The number of carbonyl (C=O) groups excluding carboxylic acids is 1. The molecule has 0 saturated heterocycles. The largest absolute Gasteiger partial charge is 0.416 e. The van der Waals surface area contributed by atoms with Crippen molar-refractivity contribution in [2.75, 3.05) is 11.1 Å². The van der Waals surface area contributed by atoms with Crippen LogP contribution in [0.25, 0.3) is 16.7 Å². The molecule has 0 aliphatic rings. The van der Waals surface area contributed by atoms with Crippen molar-refractivity contribution in [1.82, 2.24) is 19.7 Å². The van der Waals surface area contributed by atoms with E-state index in [2.05, 4.69) is 20.4 Å². The van der Waals surface area contributed by atoms with Crippen molar-refractivity contribution in [3.8, 4) is 5.69 Å². The van der Waals surface area contributed by atoms with E-state index in [-0.39, 0.29) is 22.8 Å².